The molecule has 0 saturated heterocycles. The molecule has 21 heavy (non-hydrogen) atoms. The van der Waals surface area contributed by atoms with Crippen molar-refractivity contribution in [2.45, 2.75) is 38.6 Å². The van der Waals surface area contributed by atoms with Crippen LogP contribution in [0.5, 0.6) is 0 Å². The summed E-state index contributed by atoms with van der Waals surface area (Å²) in [6, 6.07) is 9.47. The second-order valence-electron chi connectivity index (χ2n) is 5.73. The largest absolute Gasteiger partial charge is 0.310 e. The van der Waals surface area contributed by atoms with E-state index in [1.807, 2.05) is 25.3 Å². The maximum atomic E-state index is 13.4. The molecular formula is C18H21FN2. The van der Waals surface area contributed by atoms with Crippen LogP contribution in [0.1, 0.15) is 47.7 Å². The monoisotopic (exact) mass is 284 g/mol. The normalized spacial score (nSPS) is 18.5. The molecule has 1 N–H and O–H groups in total. The number of hydrogen-bond acceptors (Lipinski definition) is 2. The number of nitrogens with zero attached hydrogens (tertiary/aromatic N) is 1. The topological polar surface area (TPSA) is 24.9 Å². The molecule has 3 heteroatoms. The minimum atomic E-state index is -0.170. The van der Waals surface area contributed by atoms with Crippen LogP contribution < -0.4 is 5.32 Å². The Balaban J connectivity index is 1.99. The number of nitrogens with one attached hydrogen (secondary N) is 1. The maximum Gasteiger partial charge on any atom is 0.123 e. The quantitative estimate of drug-likeness (QED) is 0.920. The van der Waals surface area contributed by atoms with Crippen LogP contribution in [0.15, 0.2) is 36.5 Å². The second kappa shape index (κ2) is 5.94. The van der Waals surface area contributed by atoms with Crippen LogP contribution in [0.2, 0.25) is 0 Å². The molecule has 0 bridgehead atoms. The molecule has 0 radical (unpaired) electrons. The molecule has 2 atom stereocenters. The van der Waals surface area contributed by atoms with E-state index in [0.29, 0.717) is 5.92 Å². The van der Waals surface area contributed by atoms with Crippen LogP contribution in [-0.4, -0.2) is 11.5 Å². The summed E-state index contributed by atoms with van der Waals surface area (Å²) in [4.78, 5) is 4.60. The molecule has 1 aliphatic carbocycles. The number of rotatable bonds is 4. The molecule has 0 aliphatic heterocycles. The van der Waals surface area contributed by atoms with Gasteiger partial charge in [0, 0.05) is 23.9 Å². The lowest BCUT2D eigenvalue weighted by atomic mass is 9.88. The van der Waals surface area contributed by atoms with E-state index >= 15 is 0 Å². The molecule has 0 saturated carbocycles. The van der Waals surface area contributed by atoms with Crippen molar-refractivity contribution in [2.24, 2.45) is 0 Å². The Morgan fingerprint density at radius 2 is 2.24 bits per heavy atom. The average molecular weight is 284 g/mol. The molecule has 0 amide bonds. The van der Waals surface area contributed by atoms with E-state index in [1.165, 1.54) is 16.8 Å². The minimum Gasteiger partial charge on any atom is -0.310 e. The number of halogens is 1. The highest BCUT2D eigenvalue weighted by molar-refractivity contribution is 5.36. The molecule has 2 nitrogen and oxygen atoms in total. The Kier molecular flexibility index (Phi) is 4.02. The lowest BCUT2D eigenvalue weighted by Gasteiger charge is -2.26. The van der Waals surface area contributed by atoms with Crippen molar-refractivity contribution < 1.29 is 4.39 Å². The number of aromatic nitrogens is 1. The third-order valence-electron chi connectivity index (χ3n) is 4.40. The number of hydrogen-bond donors (Lipinski definition) is 1. The zero-order chi connectivity index (χ0) is 14.8. The predicted molar refractivity (Wildman–Crippen MR) is 82.9 cm³/mol. The summed E-state index contributed by atoms with van der Waals surface area (Å²) >= 11 is 0. The Labute approximate surface area is 125 Å². The molecule has 1 aliphatic rings. The van der Waals surface area contributed by atoms with Crippen LogP contribution in [0.25, 0.3) is 0 Å². The summed E-state index contributed by atoms with van der Waals surface area (Å²) in [5, 5.41) is 3.58. The van der Waals surface area contributed by atoms with Crippen LogP contribution >= 0.6 is 0 Å². The number of pyridine rings is 1. The first kappa shape index (κ1) is 14.2. The standard InChI is InChI=1S/C18H21FN2/c1-3-20-18(15-9-7-14(19)11-12(15)2)16-8-6-13-5-4-10-21-17(13)16/h4-5,7,9-11,16,18,20H,3,6,8H2,1-2H3. The highest BCUT2D eigenvalue weighted by Crippen LogP contribution is 2.41. The number of likely N-dealkylation sites (N-methyl/N-ethyl adjacent to an activating group) is 1. The van der Waals surface area contributed by atoms with Crippen LogP contribution in [0.3, 0.4) is 0 Å². The van der Waals surface area contributed by atoms with Crippen LogP contribution in [0, 0.1) is 12.7 Å². The molecule has 1 aromatic carbocycles. The summed E-state index contributed by atoms with van der Waals surface area (Å²) in [6.45, 7) is 4.98. The van der Waals surface area contributed by atoms with Crippen molar-refractivity contribution in [3.63, 3.8) is 0 Å². The van der Waals surface area contributed by atoms with Gasteiger partial charge in [0.1, 0.15) is 5.82 Å². The predicted octanol–water partition coefficient (Wildman–Crippen LogP) is 3.91. The zero-order valence-electron chi connectivity index (χ0n) is 12.6. The van der Waals surface area contributed by atoms with Gasteiger partial charge in [-0.2, -0.15) is 0 Å². The molecule has 1 heterocycles. The third kappa shape index (κ3) is 2.70. The van der Waals surface area contributed by atoms with E-state index in [-0.39, 0.29) is 11.9 Å². The molecule has 3 rings (SSSR count). The van der Waals surface area contributed by atoms with Gasteiger partial charge in [-0.15, -0.1) is 0 Å². The second-order valence-corrected chi connectivity index (χ2v) is 5.73. The molecule has 2 aromatic rings. The lowest BCUT2D eigenvalue weighted by molar-refractivity contribution is 0.445. The third-order valence-corrected chi connectivity index (χ3v) is 4.40. The average Bonchev–Trinajstić information content (AvgIpc) is 2.89. The van der Waals surface area contributed by atoms with Gasteiger partial charge in [-0.25, -0.2) is 4.39 Å². The highest BCUT2D eigenvalue weighted by Gasteiger charge is 2.32. The Bertz CT molecular complexity index is 639. The fourth-order valence-electron chi connectivity index (χ4n) is 3.45. The van der Waals surface area contributed by atoms with Gasteiger partial charge in [0.25, 0.3) is 0 Å². The molecule has 1 aromatic heterocycles. The number of aryl methyl sites for hydroxylation is 2. The van der Waals surface area contributed by atoms with Gasteiger partial charge in [0.15, 0.2) is 0 Å². The fraction of sp³-hybridized carbons (Fsp3) is 0.389. The SMILES string of the molecule is CCNC(c1ccc(F)cc1C)C1CCc2cccnc21. The van der Waals surface area contributed by atoms with E-state index in [2.05, 4.69) is 23.3 Å². The summed E-state index contributed by atoms with van der Waals surface area (Å²) in [6.07, 6.45) is 4.05. The number of fused-ring (bicyclic) bond motifs is 1. The smallest absolute Gasteiger partial charge is 0.123 e. The van der Waals surface area contributed by atoms with Crippen molar-refractivity contribution in [1.82, 2.24) is 10.3 Å². The van der Waals surface area contributed by atoms with Gasteiger partial charge in [0.05, 0.1) is 0 Å². The lowest BCUT2D eigenvalue weighted by Crippen LogP contribution is -2.27. The first-order valence-corrected chi connectivity index (χ1v) is 7.64. The van der Waals surface area contributed by atoms with Gasteiger partial charge in [-0.1, -0.05) is 19.1 Å². The molecule has 110 valence electrons. The van der Waals surface area contributed by atoms with Crippen LogP contribution in [-0.2, 0) is 6.42 Å². The van der Waals surface area contributed by atoms with Gasteiger partial charge >= 0.3 is 0 Å². The Morgan fingerprint density at radius 3 is 3.00 bits per heavy atom. The number of benzene rings is 1. The van der Waals surface area contributed by atoms with Gasteiger partial charge in [-0.3, -0.25) is 4.98 Å². The molecule has 2 unspecified atom stereocenters. The first-order chi connectivity index (χ1) is 10.2. The zero-order valence-corrected chi connectivity index (χ0v) is 12.6. The van der Waals surface area contributed by atoms with Gasteiger partial charge < -0.3 is 5.32 Å². The van der Waals surface area contributed by atoms with Crippen molar-refractivity contribution in [3.05, 3.63) is 64.7 Å². The van der Waals surface area contributed by atoms with Gasteiger partial charge in [0.2, 0.25) is 0 Å². The van der Waals surface area contributed by atoms with Gasteiger partial charge in [-0.05, 0) is 61.2 Å². The van der Waals surface area contributed by atoms with Crippen molar-refractivity contribution in [1.29, 1.82) is 0 Å². The maximum absolute atomic E-state index is 13.4. The van der Waals surface area contributed by atoms with Crippen molar-refractivity contribution >= 4 is 0 Å². The molecule has 0 spiro atoms. The molecular weight excluding hydrogens is 263 g/mol. The van der Waals surface area contributed by atoms with Crippen LogP contribution in [0.4, 0.5) is 4.39 Å². The van der Waals surface area contributed by atoms with Crippen molar-refractivity contribution in [3.8, 4) is 0 Å². The van der Waals surface area contributed by atoms with E-state index in [0.717, 1.165) is 24.9 Å². The minimum absolute atomic E-state index is 0.170. The first-order valence-electron chi connectivity index (χ1n) is 7.64. The molecule has 0 fully saturated rings. The Morgan fingerprint density at radius 1 is 1.38 bits per heavy atom. The van der Waals surface area contributed by atoms with E-state index in [4.69, 9.17) is 0 Å². The fourth-order valence-corrected chi connectivity index (χ4v) is 3.45. The van der Waals surface area contributed by atoms with E-state index < -0.39 is 0 Å². The summed E-state index contributed by atoms with van der Waals surface area (Å²) < 4.78 is 13.4. The summed E-state index contributed by atoms with van der Waals surface area (Å²) in [7, 11) is 0. The van der Waals surface area contributed by atoms with E-state index in [9.17, 15) is 4.39 Å². The summed E-state index contributed by atoms with van der Waals surface area (Å²) in [5.74, 6) is 0.196. The van der Waals surface area contributed by atoms with E-state index in [1.54, 1.807) is 12.1 Å². The Hall–Kier alpha value is -1.74. The highest BCUT2D eigenvalue weighted by atomic mass is 19.1. The summed E-state index contributed by atoms with van der Waals surface area (Å²) in [5.41, 5.74) is 4.74. The van der Waals surface area contributed by atoms with Crippen molar-refractivity contribution in [2.75, 3.05) is 6.54 Å².